The van der Waals surface area contributed by atoms with E-state index < -0.39 is 29.3 Å². The molecule has 0 saturated carbocycles. The Labute approximate surface area is 181 Å². The fourth-order valence-electron chi connectivity index (χ4n) is 4.08. The molecule has 2 saturated heterocycles. The van der Waals surface area contributed by atoms with Crippen LogP contribution in [-0.2, 0) is 17.5 Å². The number of halogens is 3. The van der Waals surface area contributed by atoms with Gasteiger partial charge in [-0.2, -0.15) is 13.2 Å². The highest BCUT2D eigenvalue weighted by Gasteiger charge is 2.47. The van der Waals surface area contributed by atoms with Crippen LogP contribution in [0.1, 0.15) is 34.3 Å². The quantitative estimate of drug-likeness (QED) is 0.706. The maximum atomic E-state index is 13.3. The first kappa shape index (κ1) is 21.7. The van der Waals surface area contributed by atoms with Crippen molar-refractivity contribution in [3.8, 4) is 5.75 Å². The van der Waals surface area contributed by atoms with Gasteiger partial charge in [0.2, 0.25) is 0 Å². The molecule has 1 N–H and O–H groups in total. The van der Waals surface area contributed by atoms with E-state index in [9.17, 15) is 27.6 Å². The van der Waals surface area contributed by atoms with Gasteiger partial charge in [-0.25, -0.2) is 4.79 Å². The minimum atomic E-state index is -4.69. The number of imide groups is 1. The Bertz CT molecular complexity index is 1060. The van der Waals surface area contributed by atoms with Crippen LogP contribution < -0.4 is 10.1 Å². The molecule has 10 heteroatoms. The van der Waals surface area contributed by atoms with Crippen LogP contribution in [0.15, 0.2) is 42.5 Å². The lowest BCUT2D eigenvalue weighted by Gasteiger charge is -2.18. The van der Waals surface area contributed by atoms with Gasteiger partial charge in [-0.05, 0) is 42.7 Å². The molecule has 1 atom stereocenters. The third kappa shape index (κ3) is 3.88. The van der Waals surface area contributed by atoms with Gasteiger partial charge in [0.1, 0.15) is 11.8 Å². The zero-order chi connectivity index (χ0) is 23.0. The summed E-state index contributed by atoms with van der Waals surface area (Å²) in [5, 5.41) is 2.46. The number of benzene rings is 2. The number of fused-ring (bicyclic) bond motifs is 1. The Morgan fingerprint density at radius 3 is 2.62 bits per heavy atom. The van der Waals surface area contributed by atoms with Gasteiger partial charge in [-0.1, -0.05) is 18.2 Å². The molecule has 2 aromatic carbocycles. The van der Waals surface area contributed by atoms with Crippen molar-refractivity contribution >= 4 is 23.5 Å². The number of nitrogens with zero attached hydrogens (tertiary/aromatic N) is 2. The van der Waals surface area contributed by atoms with Crippen LogP contribution in [0.4, 0.5) is 23.7 Å². The molecule has 2 heterocycles. The summed E-state index contributed by atoms with van der Waals surface area (Å²) >= 11 is 0. The molecule has 0 spiro atoms. The first-order chi connectivity index (χ1) is 15.2. The summed E-state index contributed by atoms with van der Waals surface area (Å²) < 4.78 is 45.0. The van der Waals surface area contributed by atoms with E-state index in [1.807, 2.05) is 0 Å². The third-order valence-corrected chi connectivity index (χ3v) is 5.61. The number of hydrogen-bond donors (Lipinski definition) is 1. The fourth-order valence-corrected chi connectivity index (χ4v) is 4.08. The topological polar surface area (TPSA) is 79.0 Å². The number of carbonyl (C=O) groups is 3. The summed E-state index contributed by atoms with van der Waals surface area (Å²) in [4.78, 5) is 40.4. The van der Waals surface area contributed by atoms with E-state index in [2.05, 4.69) is 5.32 Å². The van der Waals surface area contributed by atoms with Gasteiger partial charge < -0.3 is 15.0 Å². The SMILES string of the molecule is COc1ccc(CN2C(=O)C3CCCN3C2=O)cc1NC(=O)c1ccccc1C(F)(F)F. The first-order valence-electron chi connectivity index (χ1n) is 9.97. The number of alkyl halides is 3. The lowest BCUT2D eigenvalue weighted by Crippen LogP contribution is -2.32. The third-order valence-electron chi connectivity index (χ3n) is 5.61. The Hall–Kier alpha value is -3.56. The van der Waals surface area contributed by atoms with Crippen molar-refractivity contribution in [3.05, 3.63) is 59.2 Å². The van der Waals surface area contributed by atoms with Crippen molar-refractivity contribution in [2.75, 3.05) is 19.0 Å². The van der Waals surface area contributed by atoms with Crippen LogP contribution in [0.25, 0.3) is 0 Å². The molecule has 2 fully saturated rings. The predicted molar refractivity (Wildman–Crippen MR) is 108 cm³/mol. The Morgan fingerprint density at radius 1 is 1.19 bits per heavy atom. The molecule has 0 aliphatic carbocycles. The van der Waals surface area contributed by atoms with Crippen molar-refractivity contribution in [1.29, 1.82) is 0 Å². The van der Waals surface area contributed by atoms with Gasteiger partial charge in [-0.3, -0.25) is 14.5 Å². The number of nitrogens with one attached hydrogen (secondary N) is 1. The van der Waals surface area contributed by atoms with E-state index in [0.717, 1.165) is 23.5 Å². The number of urea groups is 1. The van der Waals surface area contributed by atoms with E-state index in [1.54, 1.807) is 11.0 Å². The maximum Gasteiger partial charge on any atom is 0.417 e. The molecular weight excluding hydrogens is 427 g/mol. The number of hydrogen-bond acceptors (Lipinski definition) is 4. The lowest BCUT2D eigenvalue weighted by atomic mass is 10.1. The van der Waals surface area contributed by atoms with Crippen molar-refractivity contribution in [3.63, 3.8) is 0 Å². The predicted octanol–water partition coefficient (Wildman–Crippen LogP) is 3.89. The van der Waals surface area contributed by atoms with Crippen molar-refractivity contribution < 1.29 is 32.3 Å². The molecule has 7 nitrogen and oxygen atoms in total. The summed E-state index contributed by atoms with van der Waals surface area (Å²) in [5.41, 5.74) is -0.931. The van der Waals surface area contributed by atoms with E-state index >= 15 is 0 Å². The molecule has 0 aromatic heterocycles. The highest BCUT2D eigenvalue weighted by Crippen LogP contribution is 2.34. The summed E-state index contributed by atoms with van der Waals surface area (Å²) in [5.74, 6) is -0.998. The maximum absolute atomic E-state index is 13.3. The second kappa shape index (κ2) is 8.18. The van der Waals surface area contributed by atoms with E-state index in [0.29, 0.717) is 18.5 Å². The molecular formula is C22H20F3N3O4. The highest BCUT2D eigenvalue weighted by atomic mass is 19.4. The minimum absolute atomic E-state index is 0.0172. The van der Waals surface area contributed by atoms with Gasteiger partial charge in [0, 0.05) is 6.54 Å². The zero-order valence-corrected chi connectivity index (χ0v) is 17.1. The number of methoxy groups -OCH3 is 1. The minimum Gasteiger partial charge on any atom is -0.495 e. The van der Waals surface area contributed by atoms with Crippen LogP contribution in [0.5, 0.6) is 5.75 Å². The van der Waals surface area contributed by atoms with E-state index in [4.69, 9.17) is 4.74 Å². The average molecular weight is 447 g/mol. The van der Waals surface area contributed by atoms with Crippen LogP contribution in [0.3, 0.4) is 0 Å². The molecule has 32 heavy (non-hydrogen) atoms. The number of amides is 4. The Morgan fingerprint density at radius 2 is 1.94 bits per heavy atom. The fraction of sp³-hybridized carbons (Fsp3) is 0.318. The van der Waals surface area contributed by atoms with E-state index in [1.165, 1.54) is 31.4 Å². The second-order valence-corrected chi connectivity index (χ2v) is 7.59. The molecule has 0 radical (unpaired) electrons. The number of ether oxygens (including phenoxy) is 1. The standard InChI is InChI=1S/C22H20F3N3O4/c1-32-18-9-8-13(12-28-20(30)17-7-4-10-27(17)21(28)31)11-16(18)26-19(29)14-5-2-3-6-15(14)22(23,24)25/h2-3,5-6,8-9,11,17H,4,7,10,12H2,1H3,(H,26,29). The Balaban J connectivity index is 1.58. The van der Waals surface area contributed by atoms with Crippen molar-refractivity contribution in [1.82, 2.24) is 9.80 Å². The largest absolute Gasteiger partial charge is 0.495 e. The molecule has 4 amide bonds. The monoisotopic (exact) mass is 447 g/mol. The normalized spacial score (nSPS) is 18.2. The Kier molecular flexibility index (Phi) is 5.53. The second-order valence-electron chi connectivity index (χ2n) is 7.59. The molecule has 168 valence electrons. The zero-order valence-electron chi connectivity index (χ0n) is 17.1. The van der Waals surface area contributed by atoms with Crippen LogP contribution in [0, 0.1) is 0 Å². The first-order valence-corrected chi connectivity index (χ1v) is 9.97. The van der Waals surface area contributed by atoms with Gasteiger partial charge in [-0.15, -0.1) is 0 Å². The van der Waals surface area contributed by atoms with Crippen molar-refractivity contribution in [2.45, 2.75) is 31.6 Å². The van der Waals surface area contributed by atoms with Gasteiger partial charge in [0.25, 0.3) is 11.8 Å². The summed E-state index contributed by atoms with van der Waals surface area (Å²) in [6.45, 7) is 0.519. The molecule has 4 rings (SSSR count). The average Bonchev–Trinajstić information content (AvgIpc) is 3.33. The highest BCUT2D eigenvalue weighted by molar-refractivity contribution is 6.06. The van der Waals surface area contributed by atoms with Gasteiger partial charge in [0.15, 0.2) is 0 Å². The number of carbonyl (C=O) groups excluding carboxylic acids is 3. The molecule has 2 aliphatic rings. The van der Waals surface area contributed by atoms with Crippen LogP contribution in [-0.4, -0.2) is 47.3 Å². The molecule has 2 aromatic rings. The van der Waals surface area contributed by atoms with Crippen LogP contribution in [0.2, 0.25) is 0 Å². The molecule has 0 bridgehead atoms. The smallest absolute Gasteiger partial charge is 0.417 e. The summed E-state index contributed by atoms with van der Waals surface area (Å²) in [7, 11) is 1.36. The summed E-state index contributed by atoms with van der Waals surface area (Å²) in [6.07, 6.45) is -3.28. The number of anilines is 1. The number of rotatable bonds is 5. The van der Waals surface area contributed by atoms with E-state index in [-0.39, 0.29) is 29.9 Å². The van der Waals surface area contributed by atoms with Gasteiger partial charge in [0.05, 0.1) is 30.5 Å². The summed E-state index contributed by atoms with van der Waals surface area (Å²) in [6, 6.07) is 8.30. The lowest BCUT2D eigenvalue weighted by molar-refractivity contribution is -0.138. The van der Waals surface area contributed by atoms with Gasteiger partial charge >= 0.3 is 12.2 Å². The molecule has 1 unspecified atom stereocenters. The molecule has 2 aliphatic heterocycles. The van der Waals surface area contributed by atoms with Crippen LogP contribution >= 0.6 is 0 Å². The van der Waals surface area contributed by atoms with Crippen molar-refractivity contribution in [2.24, 2.45) is 0 Å².